The van der Waals surface area contributed by atoms with Gasteiger partial charge in [0.05, 0.1) is 6.61 Å². The Bertz CT molecular complexity index is 1210. The molecule has 0 heterocycles. The van der Waals surface area contributed by atoms with Gasteiger partial charge in [0.15, 0.2) is 0 Å². The number of ether oxygens (including phenoxy) is 2. The molecule has 3 heteroatoms. The molecule has 0 saturated heterocycles. The molecule has 2 nitrogen and oxygen atoms in total. The molecule has 178 valence electrons. The maximum atomic E-state index is 6.15. The van der Waals surface area contributed by atoms with Crippen molar-refractivity contribution < 1.29 is 9.47 Å². The standard InChI is InChI=1S/C32H31BrO2/c33-20-7-21-34-28-15-12-26(13-16-28)32-30(25-10-5-2-6-11-25)18-14-27-22-29(17-19-31(27)32)35-23-24-8-3-1-4-9-24/h1-6,8-13,15-17,19,22,30,32H,7,14,18,20-21,23H2. The maximum Gasteiger partial charge on any atom is 0.120 e. The van der Waals surface area contributed by atoms with Crippen LogP contribution in [0.5, 0.6) is 11.5 Å². The normalized spacial score (nSPS) is 16.9. The van der Waals surface area contributed by atoms with Gasteiger partial charge in [-0.1, -0.05) is 94.8 Å². The second kappa shape index (κ2) is 11.6. The van der Waals surface area contributed by atoms with E-state index in [1.54, 1.807) is 0 Å². The van der Waals surface area contributed by atoms with Crippen LogP contribution in [-0.4, -0.2) is 11.9 Å². The van der Waals surface area contributed by atoms with E-state index in [0.29, 0.717) is 18.4 Å². The topological polar surface area (TPSA) is 18.5 Å². The minimum atomic E-state index is 0.306. The lowest BCUT2D eigenvalue weighted by atomic mass is 9.69. The zero-order valence-electron chi connectivity index (χ0n) is 19.9. The SMILES string of the molecule is BrCCCOc1ccc(C2c3ccc(OCc4ccccc4)cc3CCC2c2ccccc2)cc1. The van der Waals surface area contributed by atoms with Crippen LogP contribution in [0, 0.1) is 0 Å². The van der Waals surface area contributed by atoms with Crippen LogP contribution in [0.1, 0.15) is 52.5 Å². The number of fused-ring (bicyclic) bond motifs is 1. The molecule has 0 aromatic heterocycles. The first-order valence-electron chi connectivity index (χ1n) is 12.4. The quantitative estimate of drug-likeness (QED) is 0.161. The summed E-state index contributed by atoms with van der Waals surface area (Å²) in [5.74, 6) is 2.63. The molecule has 4 aromatic rings. The van der Waals surface area contributed by atoms with Gasteiger partial charge in [0.25, 0.3) is 0 Å². The molecule has 2 atom stereocenters. The van der Waals surface area contributed by atoms with Crippen LogP contribution in [0.2, 0.25) is 0 Å². The number of hydrogen-bond acceptors (Lipinski definition) is 2. The number of halogens is 1. The summed E-state index contributed by atoms with van der Waals surface area (Å²) in [5, 5.41) is 0.958. The lowest BCUT2D eigenvalue weighted by Crippen LogP contribution is -2.20. The summed E-state index contributed by atoms with van der Waals surface area (Å²) in [4.78, 5) is 0. The Hall–Kier alpha value is -3.04. The minimum Gasteiger partial charge on any atom is -0.494 e. The van der Waals surface area contributed by atoms with Crippen LogP contribution in [0.4, 0.5) is 0 Å². The van der Waals surface area contributed by atoms with Crippen molar-refractivity contribution in [2.45, 2.75) is 37.7 Å². The third-order valence-electron chi connectivity index (χ3n) is 6.84. The first-order chi connectivity index (χ1) is 17.3. The third-order valence-corrected chi connectivity index (χ3v) is 7.40. The summed E-state index contributed by atoms with van der Waals surface area (Å²) in [5.41, 5.74) is 6.73. The molecule has 0 saturated carbocycles. The highest BCUT2D eigenvalue weighted by molar-refractivity contribution is 9.09. The van der Waals surface area contributed by atoms with Crippen molar-refractivity contribution in [3.63, 3.8) is 0 Å². The average Bonchev–Trinajstić information content (AvgIpc) is 2.93. The molecule has 0 N–H and O–H groups in total. The van der Waals surface area contributed by atoms with Gasteiger partial charge in [0, 0.05) is 11.2 Å². The second-order valence-electron chi connectivity index (χ2n) is 9.13. The Morgan fingerprint density at radius 2 is 1.43 bits per heavy atom. The Kier molecular flexibility index (Phi) is 7.85. The highest BCUT2D eigenvalue weighted by Gasteiger charge is 2.32. The number of rotatable bonds is 9. The maximum absolute atomic E-state index is 6.15. The van der Waals surface area contributed by atoms with Gasteiger partial charge < -0.3 is 9.47 Å². The van der Waals surface area contributed by atoms with Gasteiger partial charge in [-0.05, 0) is 77.3 Å². The van der Waals surface area contributed by atoms with E-state index in [4.69, 9.17) is 9.47 Å². The number of aryl methyl sites for hydroxylation is 1. The number of alkyl halides is 1. The highest BCUT2D eigenvalue weighted by atomic mass is 79.9. The summed E-state index contributed by atoms with van der Waals surface area (Å²) < 4.78 is 12.1. The molecule has 0 radical (unpaired) electrons. The summed E-state index contributed by atoms with van der Waals surface area (Å²) in [6, 6.07) is 36.7. The molecule has 5 rings (SSSR count). The molecule has 35 heavy (non-hydrogen) atoms. The van der Waals surface area contributed by atoms with Crippen molar-refractivity contribution in [1.82, 2.24) is 0 Å². The summed E-state index contributed by atoms with van der Waals surface area (Å²) in [7, 11) is 0. The van der Waals surface area contributed by atoms with Gasteiger partial charge in [-0.25, -0.2) is 0 Å². The smallest absolute Gasteiger partial charge is 0.120 e. The van der Waals surface area contributed by atoms with E-state index in [1.165, 1.54) is 27.8 Å². The molecule has 1 aliphatic carbocycles. The monoisotopic (exact) mass is 526 g/mol. The summed E-state index contributed by atoms with van der Waals surface area (Å²) in [6.45, 7) is 1.32. The molecule has 1 aliphatic rings. The molecule has 0 fully saturated rings. The van der Waals surface area contributed by atoms with Gasteiger partial charge in [-0.3, -0.25) is 0 Å². The zero-order chi connectivity index (χ0) is 23.9. The van der Waals surface area contributed by atoms with E-state index in [-0.39, 0.29) is 0 Å². The van der Waals surface area contributed by atoms with Crippen LogP contribution >= 0.6 is 15.9 Å². The van der Waals surface area contributed by atoms with Crippen molar-refractivity contribution in [3.05, 3.63) is 131 Å². The van der Waals surface area contributed by atoms with Crippen LogP contribution in [0.15, 0.2) is 103 Å². The van der Waals surface area contributed by atoms with E-state index in [0.717, 1.165) is 42.7 Å². The summed E-state index contributed by atoms with van der Waals surface area (Å²) >= 11 is 3.47. The molecular formula is C32H31BrO2. The molecule has 0 amide bonds. The van der Waals surface area contributed by atoms with E-state index >= 15 is 0 Å². The van der Waals surface area contributed by atoms with Crippen molar-refractivity contribution in [2.75, 3.05) is 11.9 Å². The van der Waals surface area contributed by atoms with Gasteiger partial charge in [0.1, 0.15) is 18.1 Å². The fourth-order valence-electron chi connectivity index (χ4n) is 5.11. The fraction of sp³-hybridized carbons (Fsp3) is 0.250. The predicted molar refractivity (Wildman–Crippen MR) is 147 cm³/mol. The Balaban J connectivity index is 1.42. The van der Waals surface area contributed by atoms with Gasteiger partial charge in [-0.15, -0.1) is 0 Å². The minimum absolute atomic E-state index is 0.306. The van der Waals surface area contributed by atoms with E-state index in [9.17, 15) is 0 Å². The largest absolute Gasteiger partial charge is 0.494 e. The molecule has 2 unspecified atom stereocenters. The summed E-state index contributed by atoms with van der Waals surface area (Å²) in [6.07, 6.45) is 3.18. The van der Waals surface area contributed by atoms with E-state index < -0.39 is 0 Å². The predicted octanol–water partition coefficient (Wildman–Crippen LogP) is 8.29. The van der Waals surface area contributed by atoms with E-state index in [1.807, 2.05) is 6.07 Å². The fourth-order valence-corrected chi connectivity index (χ4v) is 5.34. The molecule has 0 aliphatic heterocycles. The lowest BCUT2D eigenvalue weighted by molar-refractivity contribution is 0.305. The molecule has 0 bridgehead atoms. The highest BCUT2D eigenvalue weighted by Crippen LogP contribution is 2.47. The average molecular weight is 528 g/mol. The van der Waals surface area contributed by atoms with Crippen LogP contribution in [0.3, 0.4) is 0 Å². The first kappa shape index (κ1) is 23.7. The molecule has 0 spiro atoms. The lowest BCUT2D eigenvalue weighted by Gasteiger charge is -2.35. The van der Waals surface area contributed by atoms with Crippen molar-refractivity contribution in [2.24, 2.45) is 0 Å². The molecule has 4 aromatic carbocycles. The molecular weight excluding hydrogens is 496 g/mol. The van der Waals surface area contributed by atoms with Crippen LogP contribution in [0.25, 0.3) is 0 Å². The van der Waals surface area contributed by atoms with Crippen molar-refractivity contribution >= 4 is 15.9 Å². The number of benzene rings is 4. The first-order valence-corrected chi connectivity index (χ1v) is 13.6. The Labute approximate surface area is 217 Å². The van der Waals surface area contributed by atoms with Gasteiger partial charge >= 0.3 is 0 Å². The Morgan fingerprint density at radius 3 is 2.17 bits per heavy atom. The zero-order valence-corrected chi connectivity index (χ0v) is 21.5. The van der Waals surface area contributed by atoms with Gasteiger partial charge in [-0.2, -0.15) is 0 Å². The van der Waals surface area contributed by atoms with Gasteiger partial charge in [0.2, 0.25) is 0 Å². The van der Waals surface area contributed by atoms with E-state index in [2.05, 4.69) is 113 Å². The van der Waals surface area contributed by atoms with Crippen LogP contribution in [-0.2, 0) is 13.0 Å². The third kappa shape index (κ3) is 5.79. The van der Waals surface area contributed by atoms with Crippen molar-refractivity contribution in [3.8, 4) is 11.5 Å². The van der Waals surface area contributed by atoms with Crippen LogP contribution < -0.4 is 9.47 Å². The van der Waals surface area contributed by atoms with Crippen molar-refractivity contribution in [1.29, 1.82) is 0 Å². The Morgan fingerprint density at radius 1 is 0.714 bits per heavy atom. The number of hydrogen-bond donors (Lipinski definition) is 0. The second-order valence-corrected chi connectivity index (χ2v) is 9.92.